The number of carbonyl (C=O) groups is 2. The normalized spacial score (nSPS) is 17.4. The highest BCUT2D eigenvalue weighted by molar-refractivity contribution is 7.89. The van der Waals surface area contributed by atoms with Crippen molar-refractivity contribution in [1.82, 2.24) is 9.21 Å². The number of hydrogen-bond donors (Lipinski definition) is 1. The fraction of sp³-hybridized carbons (Fsp3) is 0.300. The molecule has 1 aliphatic heterocycles. The van der Waals surface area contributed by atoms with Gasteiger partial charge >= 0.3 is 6.09 Å². The van der Waals surface area contributed by atoms with Gasteiger partial charge in [0.15, 0.2) is 0 Å². The first-order valence-electron chi connectivity index (χ1n) is 9.24. The Bertz CT molecular complexity index is 995. The molecule has 0 radical (unpaired) electrons. The molecule has 1 saturated heterocycles. The van der Waals surface area contributed by atoms with E-state index >= 15 is 0 Å². The minimum absolute atomic E-state index is 0.00894. The molecule has 1 unspecified atom stereocenters. The summed E-state index contributed by atoms with van der Waals surface area (Å²) in [7, 11) is -2.51. The molecule has 30 heavy (non-hydrogen) atoms. The molecule has 2 aromatic carbocycles. The van der Waals surface area contributed by atoms with Crippen LogP contribution in [0.5, 0.6) is 5.75 Å². The fourth-order valence-corrected chi connectivity index (χ4v) is 4.72. The number of piperazine rings is 1. The summed E-state index contributed by atoms with van der Waals surface area (Å²) in [4.78, 5) is 25.7. The third-order valence-corrected chi connectivity index (χ3v) is 6.71. The lowest BCUT2D eigenvalue weighted by atomic mass is 10.2. The van der Waals surface area contributed by atoms with E-state index in [0.717, 1.165) is 9.87 Å². The third kappa shape index (κ3) is 4.71. The van der Waals surface area contributed by atoms with E-state index in [0.29, 0.717) is 5.75 Å². The van der Waals surface area contributed by atoms with Crippen LogP contribution in [0.15, 0.2) is 59.5 Å². The van der Waals surface area contributed by atoms with Crippen molar-refractivity contribution >= 4 is 22.0 Å². The molecule has 1 atom stereocenters. The van der Waals surface area contributed by atoms with Crippen molar-refractivity contribution in [3.8, 4) is 5.75 Å². The minimum atomic E-state index is -3.99. The van der Waals surface area contributed by atoms with Gasteiger partial charge in [-0.25, -0.2) is 13.2 Å². The average molecular weight is 433 g/mol. The molecular formula is C20H23N3O6S. The molecule has 10 heteroatoms. The number of benzene rings is 2. The summed E-state index contributed by atoms with van der Waals surface area (Å²) >= 11 is 0. The van der Waals surface area contributed by atoms with Crippen LogP contribution in [-0.2, 0) is 26.2 Å². The van der Waals surface area contributed by atoms with Gasteiger partial charge in [-0.1, -0.05) is 30.3 Å². The van der Waals surface area contributed by atoms with Crippen molar-refractivity contribution < 1.29 is 27.5 Å². The number of nitrogens with zero attached hydrogens (tertiary/aromatic N) is 2. The number of nitrogens with two attached hydrogens (primary N) is 1. The van der Waals surface area contributed by atoms with E-state index in [1.165, 1.54) is 36.3 Å². The van der Waals surface area contributed by atoms with Crippen molar-refractivity contribution in [2.24, 2.45) is 5.73 Å². The summed E-state index contributed by atoms with van der Waals surface area (Å²) in [5.41, 5.74) is 6.28. The van der Waals surface area contributed by atoms with Gasteiger partial charge in [0.25, 0.3) is 0 Å². The van der Waals surface area contributed by atoms with Crippen LogP contribution >= 0.6 is 0 Å². The van der Waals surface area contributed by atoms with Gasteiger partial charge in [-0.3, -0.25) is 4.79 Å². The molecule has 2 amide bonds. The zero-order valence-corrected chi connectivity index (χ0v) is 17.2. The number of amides is 2. The van der Waals surface area contributed by atoms with Crippen molar-refractivity contribution in [3.05, 3.63) is 60.2 Å². The number of hydrogen-bond acceptors (Lipinski definition) is 6. The predicted octanol–water partition coefficient (Wildman–Crippen LogP) is 1.19. The second-order valence-electron chi connectivity index (χ2n) is 6.70. The molecule has 0 bridgehead atoms. The summed E-state index contributed by atoms with van der Waals surface area (Å²) in [6.45, 7) is -0.112. The predicted molar refractivity (Wildman–Crippen MR) is 108 cm³/mol. The molecule has 2 aromatic rings. The maximum atomic E-state index is 13.0. The van der Waals surface area contributed by atoms with Crippen LogP contribution < -0.4 is 10.5 Å². The van der Waals surface area contributed by atoms with Crippen LogP contribution in [-0.4, -0.2) is 62.4 Å². The average Bonchev–Trinajstić information content (AvgIpc) is 2.77. The standard InChI is InChI=1S/C20H23N3O6S/c1-28-16-7-9-17(10-8-16)30(26,27)23-12-11-22(13-18(23)19(21)24)20(25)29-14-15-5-3-2-4-6-15/h2-10,18H,11-14H2,1H3,(H2,21,24). The van der Waals surface area contributed by atoms with Crippen LogP contribution in [0.25, 0.3) is 0 Å². The number of methoxy groups -OCH3 is 1. The quantitative estimate of drug-likeness (QED) is 0.731. The van der Waals surface area contributed by atoms with Gasteiger partial charge in [0.1, 0.15) is 18.4 Å². The smallest absolute Gasteiger partial charge is 0.410 e. The van der Waals surface area contributed by atoms with Gasteiger partial charge in [-0.2, -0.15) is 4.31 Å². The largest absolute Gasteiger partial charge is 0.497 e. The molecule has 2 N–H and O–H groups in total. The number of sulfonamides is 1. The summed E-state index contributed by atoms with van der Waals surface area (Å²) < 4.78 is 37.4. The van der Waals surface area contributed by atoms with Gasteiger partial charge in [-0.15, -0.1) is 0 Å². The fourth-order valence-electron chi connectivity index (χ4n) is 3.15. The third-order valence-electron chi connectivity index (χ3n) is 4.79. The Labute approximate surface area is 175 Å². The molecule has 1 aliphatic rings. The molecule has 0 aliphatic carbocycles. The van der Waals surface area contributed by atoms with Crippen LogP contribution in [0.4, 0.5) is 4.79 Å². The second-order valence-corrected chi connectivity index (χ2v) is 8.59. The lowest BCUT2D eigenvalue weighted by Gasteiger charge is -2.38. The Morgan fingerprint density at radius 1 is 1.07 bits per heavy atom. The Morgan fingerprint density at radius 3 is 2.33 bits per heavy atom. The van der Waals surface area contributed by atoms with E-state index in [-0.39, 0.29) is 31.1 Å². The Balaban J connectivity index is 1.71. The molecule has 3 rings (SSSR count). The first-order valence-corrected chi connectivity index (χ1v) is 10.7. The summed E-state index contributed by atoms with van der Waals surface area (Å²) in [6, 6.07) is 13.8. The van der Waals surface area contributed by atoms with Crippen LogP contribution in [0.1, 0.15) is 5.56 Å². The van der Waals surface area contributed by atoms with E-state index in [1.54, 1.807) is 0 Å². The number of ether oxygens (including phenoxy) is 2. The summed E-state index contributed by atoms with van der Waals surface area (Å²) in [5.74, 6) is -0.334. The lowest BCUT2D eigenvalue weighted by Crippen LogP contribution is -2.60. The number of primary amides is 1. The monoisotopic (exact) mass is 433 g/mol. The van der Waals surface area contributed by atoms with Crippen molar-refractivity contribution in [2.45, 2.75) is 17.5 Å². The van der Waals surface area contributed by atoms with Gasteiger partial charge in [-0.05, 0) is 29.8 Å². The van der Waals surface area contributed by atoms with E-state index in [1.807, 2.05) is 30.3 Å². The van der Waals surface area contributed by atoms with E-state index in [9.17, 15) is 18.0 Å². The van der Waals surface area contributed by atoms with E-state index < -0.39 is 28.1 Å². The maximum absolute atomic E-state index is 13.0. The van der Waals surface area contributed by atoms with E-state index in [4.69, 9.17) is 15.2 Å². The first-order chi connectivity index (χ1) is 14.3. The Kier molecular flexibility index (Phi) is 6.58. The Morgan fingerprint density at radius 2 is 1.73 bits per heavy atom. The molecule has 160 valence electrons. The zero-order chi connectivity index (χ0) is 21.7. The number of carbonyl (C=O) groups excluding carboxylic acids is 2. The van der Waals surface area contributed by atoms with Crippen LogP contribution in [0.3, 0.4) is 0 Å². The van der Waals surface area contributed by atoms with Gasteiger partial charge in [0, 0.05) is 19.6 Å². The molecule has 0 aromatic heterocycles. The molecule has 1 fully saturated rings. The van der Waals surface area contributed by atoms with Gasteiger partial charge in [0.05, 0.1) is 12.0 Å². The highest BCUT2D eigenvalue weighted by atomic mass is 32.2. The molecule has 1 heterocycles. The zero-order valence-electron chi connectivity index (χ0n) is 16.4. The first kappa shape index (κ1) is 21.6. The van der Waals surface area contributed by atoms with Gasteiger partial charge in [0.2, 0.25) is 15.9 Å². The SMILES string of the molecule is COc1ccc(S(=O)(=O)N2CCN(C(=O)OCc3ccccc3)CC2C(N)=O)cc1. The second kappa shape index (κ2) is 9.14. The molecule has 0 spiro atoms. The van der Waals surface area contributed by atoms with Crippen LogP contribution in [0, 0.1) is 0 Å². The van der Waals surface area contributed by atoms with Crippen molar-refractivity contribution in [3.63, 3.8) is 0 Å². The summed E-state index contributed by atoms with van der Waals surface area (Å²) in [5, 5.41) is 0. The van der Waals surface area contributed by atoms with Crippen molar-refractivity contribution in [1.29, 1.82) is 0 Å². The highest BCUT2D eigenvalue weighted by Gasteiger charge is 2.40. The number of rotatable bonds is 6. The van der Waals surface area contributed by atoms with E-state index in [2.05, 4.69) is 0 Å². The van der Waals surface area contributed by atoms with Gasteiger partial charge < -0.3 is 20.1 Å². The maximum Gasteiger partial charge on any atom is 0.410 e. The van der Waals surface area contributed by atoms with Crippen molar-refractivity contribution in [2.75, 3.05) is 26.7 Å². The summed E-state index contributed by atoms with van der Waals surface area (Å²) in [6.07, 6.45) is -0.633. The molecule has 0 saturated carbocycles. The highest BCUT2D eigenvalue weighted by Crippen LogP contribution is 2.24. The molecular weight excluding hydrogens is 410 g/mol. The lowest BCUT2D eigenvalue weighted by molar-refractivity contribution is -0.123. The van der Waals surface area contributed by atoms with Crippen LogP contribution in [0.2, 0.25) is 0 Å². The topological polar surface area (TPSA) is 119 Å². The minimum Gasteiger partial charge on any atom is -0.497 e. The Hall–Kier alpha value is -3.11. The molecule has 9 nitrogen and oxygen atoms in total.